The van der Waals surface area contributed by atoms with Gasteiger partial charge in [0.1, 0.15) is 23.8 Å². The molecule has 0 aliphatic carbocycles. The minimum Gasteiger partial charge on any atom is -0.453 e. The van der Waals surface area contributed by atoms with Crippen LogP contribution in [0.2, 0.25) is 0 Å². The number of hydrogen-bond acceptors (Lipinski definition) is 8. The molecule has 0 bridgehead atoms. The Morgan fingerprint density at radius 3 is 2.02 bits per heavy atom. The molecule has 284 valence electrons. The number of alkyl carbamates (subject to hydrolysis) is 1. The van der Waals surface area contributed by atoms with Gasteiger partial charge in [0.2, 0.25) is 5.91 Å². The van der Waals surface area contributed by atoms with Crippen molar-refractivity contribution in [1.82, 2.24) is 35.1 Å². The van der Waals surface area contributed by atoms with Crippen LogP contribution in [0.3, 0.4) is 0 Å². The van der Waals surface area contributed by atoms with Crippen molar-refractivity contribution < 1.29 is 28.6 Å². The summed E-state index contributed by atoms with van der Waals surface area (Å²) in [5, 5.41) is 2.70. The van der Waals surface area contributed by atoms with Crippen LogP contribution in [0.15, 0.2) is 60.9 Å². The Hall–Kier alpha value is -5.01. The molecular weight excluding hydrogens is 686 g/mol. The molecule has 0 saturated carbocycles. The first kappa shape index (κ1) is 36.0. The van der Waals surface area contributed by atoms with Gasteiger partial charge in [-0.3, -0.25) is 9.59 Å². The van der Waals surface area contributed by atoms with Gasteiger partial charge >= 0.3 is 6.09 Å². The molecule has 0 radical (unpaired) electrons. The molecule has 3 N–H and O–H groups in total. The molecule has 4 saturated heterocycles. The summed E-state index contributed by atoms with van der Waals surface area (Å²) >= 11 is 0. The smallest absolute Gasteiger partial charge is 0.407 e. The number of nitrogens with zero attached hydrogens (tertiary/aromatic N) is 4. The minimum atomic E-state index is -0.678. The standard InChI is InChI=1S/C41H49N7O6/c1-25(2)35(46-40(51)52-3)39(50)47-18-4-7-32(47)36-42-22-30(44-36)28-13-9-26(10-14-28)27-11-15-29(16-12-27)31-23-43-37(45-31)33-21-41(17-6-20-54-41)24-48(33)38(49)34-8-5-19-53-34/h9-16,22-23,25,32-35H,4-8,17-21,24H2,1-3H3,(H,42,44)(H,43,45)(H,46,51)/t32-,33-,34?,35-,41-/m0/s1. The van der Waals surface area contributed by atoms with Crippen molar-refractivity contribution in [3.8, 4) is 33.6 Å². The van der Waals surface area contributed by atoms with Crippen LogP contribution in [-0.2, 0) is 23.8 Å². The number of amides is 3. The Morgan fingerprint density at radius 1 is 0.833 bits per heavy atom. The van der Waals surface area contributed by atoms with E-state index in [1.807, 2.05) is 36.0 Å². The summed E-state index contributed by atoms with van der Waals surface area (Å²) < 4.78 is 16.8. The molecule has 1 unspecified atom stereocenters. The first-order chi connectivity index (χ1) is 26.2. The molecule has 54 heavy (non-hydrogen) atoms. The van der Waals surface area contributed by atoms with Crippen molar-refractivity contribution in [1.29, 1.82) is 0 Å². The number of aromatic nitrogens is 4. The van der Waals surface area contributed by atoms with Gasteiger partial charge in [0, 0.05) is 26.2 Å². The number of nitrogens with one attached hydrogen (secondary N) is 3. The summed E-state index contributed by atoms with van der Waals surface area (Å²) in [5.74, 6) is 1.34. The normalized spacial score (nSPS) is 24.5. The first-order valence-electron chi connectivity index (χ1n) is 19.2. The zero-order valence-corrected chi connectivity index (χ0v) is 31.2. The second-order valence-corrected chi connectivity index (χ2v) is 15.4. The number of likely N-dealkylation sites (tertiary alicyclic amines) is 2. The van der Waals surface area contributed by atoms with Gasteiger partial charge in [-0.15, -0.1) is 0 Å². The van der Waals surface area contributed by atoms with Crippen LogP contribution in [0.1, 0.15) is 82.5 Å². The molecule has 2 aromatic carbocycles. The van der Waals surface area contributed by atoms with E-state index in [2.05, 4.69) is 68.8 Å². The lowest BCUT2D eigenvalue weighted by atomic mass is 9.96. The summed E-state index contributed by atoms with van der Waals surface area (Å²) in [5.41, 5.74) is 5.65. The second-order valence-electron chi connectivity index (χ2n) is 15.4. The number of methoxy groups -OCH3 is 1. The monoisotopic (exact) mass is 735 g/mol. The van der Waals surface area contributed by atoms with Crippen LogP contribution >= 0.6 is 0 Å². The maximum atomic E-state index is 13.6. The van der Waals surface area contributed by atoms with Crippen molar-refractivity contribution in [3.05, 3.63) is 72.6 Å². The molecule has 2 aromatic heterocycles. The zero-order valence-electron chi connectivity index (χ0n) is 31.2. The summed E-state index contributed by atoms with van der Waals surface area (Å²) in [7, 11) is 1.30. The van der Waals surface area contributed by atoms with Gasteiger partial charge in [0.15, 0.2) is 0 Å². The molecule has 4 aliphatic rings. The molecule has 3 amide bonds. The van der Waals surface area contributed by atoms with Gasteiger partial charge in [-0.2, -0.15) is 0 Å². The Labute approximate surface area is 315 Å². The highest BCUT2D eigenvalue weighted by atomic mass is 16.5. The molecule has 8 rings (SSSR count). The van der Waals surface area contributed by atoms with E-state index in [0.717, 1.165) is 96.8 Å². The lowest BCUT2D eigenvalue weighted by Gasteiger charge is -2.30. The fraction of sp³-hybridized carbons (Fsp3) is 0.488. The summed E-state index contributed by atoms with van der Waals surface area (Å²) in [6, 6.07) is 15.7. The van der Waals surface area contributed by atoms with E-state index in [0.29, 0.717) is 19.7 Å². The number of H-pyrrole nitrogens is 2. The molecule has 1 spiro atoms. The fourth-order valence-electron chi connectivity index (χ4n) is 8.60. The molecule has 4 fully saturated rings. The third kappa shape index (κ3) is 7.02. The predicted molar refractivity (Wildman–Crippen MR) is 201 cm³/mol. The van der Waals surface area contributed by atoms with Gasteiger partial charge in [-0.05, 0) is 66.7 Å². The van der Waals surface area contributed by atoms with E-state index in [9.17, 15) is 14.4 Å². The zero-order chi connectivity index (χ0) is 37.4. The average Bonchev–Trinajstić information content (AvgIpc) is 4.05. The third-order valence-corrected chi connectivity index (χ3v) is 11.5. The summed E-state index contributed by atoms with van der Waals surface area (Å²) in [6.45, 7) is 6.37. The van der Waals surface area contributed by atoms with Gasteiger partial charge in [-0.25, -0.2) is 14.8 Å². The van der Waals surface area contributed by atoms with Crippen molar-refractivity contribution in [2.24, 2.45) is 5.92 Å². The topological polar surface area (TPSA) is 155 Å². The van der Waals surface area contributed by atoms with Crippen molar-refractivity contribution in [3.63, 3.8) is 0 Å². The Kier molecular flexibility index (Phi) is 10.0. The molecule has 13 nitrogen and oxygen atoms in total. The quantitative estimate of drug-likeness (QED) is 0.184. The first-order valence-corrected chi connectivity index (χ1v) is 19.2. The van der Waals surface area contributed by atoms with Gasteiger partial charge in [0.25, 0.3) is 5.91 Å². The molecular formula is C41H49N7O6. The number of imidazole rings is 2. The van der Waals surface area contributed by atoms with E-state index in [1.165, 1.54) is 7.11 Å². The largest absolute Gasteiger partial charge is 0.453 e. The van der Waals surface area contributed by atoms with E-state index >= 15 is 0 Å². The van der Waals surface area contributed by atoms with Gasteiger partial charge < -0.3 is 39.3 Å². The summed E-state index contributed by atoms with van der Waals surface area (Å²) in [4.78, 5) is 59.3. The Morgan fingerprint density at radius 2 is 1.46 bits per heavy atom. The van der Waals surface area contributed by atoms with Crippen molar-refractivity contribution in [2.75, 3.05) is 33.4 Å². The number of hydrogen-bond donors (Lipinski definition) is 3. The van der Waals surface area contributed by atoms with Gasteiger partial charge in [-0.1, -0.05) is 62.4 Å². The van der Waals surface area contributed by atoms with Crippen LogP contribution < -0.4 is 5.32 Å². The molecule has 6 heterocycles. The van der Waals surface area contributed by atoms with Crippen LogP contribution in [-0.4, -0.2) is 98.8 Å². The third-order valence-electron chi connectivity index (χ3n) is 11.5. The van der Waals surface area contributed by atoms with Crippen LogP contribution in [0.25, 0.3) is 33.6 Å². The Bertz CT molecular complexity index is 1960. The highest BCUT2D eigenvalue weighted by molar-refractivity contribution is 5.86. The van der Waals surface area contributed by atoms with Crippen molar-refractivity contribution >= 4 is 17.9 Å². The molecule has 13 heteroatoms. The van der Waals surface area contributed by atoms with Crippen LogP contribution in [0.5, 0.6) is 0 Å². The van der Waals surface area contributed by atoms with Crippen LogP contribution in [0, 0.1) is 5.92 Å². The van der Waals surface area contributed by atoms with Crippen LogP contribution in [0.4, 0.5) is 4.79 Å². The minimum absolute atomic E-state index is 0.0461. The molecule has 4 aliphatic heterocycles. The number of benzene rings is 2. The highest BCUT2D eigenvalue weighted by Gasteiger charge is 2.51. The predicted octanol–water partition coefficient (Wildman–Crippen LogP) is 6.18. The average molecular weight is 736 g/mol. The maximum Gasteiger partial charge on any atom is 0.407 e. The lowest BCUT2D eigenvalue weighted by Crippen LogP contribution is -2.51. The van der Waals surface area contributed by atoms with E-state index < -0.39 is 12.1 Å². The van der Waals surface area contributed by atoms with E-state index in [1.54, 1.807) is 0 Å². The second kappa shape index (κ2) is 15.0. The Balaban J connectivity index is 0.936. The number of carbonyl (C=O) groups is 3. The SMILES string of the molecule is COC(=O)N[C@H](C(=O)N1CCC[C@H]1c1ncc(-c2ccc(-c3ccc(-c4cnc([C@@H]5C[C@@]6(CCCO6)CN5C(=O)C5CCCO5)[nH]4)cc3)cc2)[nH]1)C(C)C. The van der Waals surface area contributed by atoms with E-state index in [-0.39, 0.29) is 41.5 Å². The fourth-order valence-corrected chi connectivity index (χ4v) is 8.60. The molecule has 4 aromatic rings. The number of rotatable bonds is 9. The van der Waals surface area contributed by atoms with Gasteiger partial charge in [0.05, 0.1) is 55.1 Å². The van der Waals surface area contributed by atoms with Crippen molar-refractivity contribution in [2.45, 2.75) is 88.6 Å². The number of carbonyl (C=O) groups excluding carboxylic acids is 3. The molecule has 5 atom stereocenters. The maximum absolute atomic E-state index is 13.6. The summed E-state index contributed by atoms with van der Waals surface area (Å²) in [6.07, 6.45) is 8.71. The number of aromatic amines is 2. The van der Waals surface area contributed by atoms with E-state index in [4.69, 9.17) is 19.2 Å². The number of ether oxygens (including phenoxy) is 3. The lowest BCUT2D eigenvalue weighted by molar-refractivity contribution is -0.143. The highest BCUT2D eigenvalue weighted by Crippen LogP contribution is 2.45.